The third kappa shape index (κ3) is 2.92. The Morgan fingerprint density at radius 2 is 2.18 bits per heavy atom. The maximum atomic E-state index is 11.6. The van der Waals surface area contributed by atoms with Gasteiger partial charge in [-0.2, -0.15) is 0 Å². The van der Waals surface area contributed by atoms with Crippen molar-refractivity contribution in [2.45, 2.75) is 51.5 Å². The van der Waals surface area contributed by atoms with Crippen LogP contribution in [0.1, 0.15) is 45.4 Å². The number of carbonyl (C=O) groups is 1. The smallest absolute Gasteiger partial charge is 0.407 e. The van der Waals surface area contributed by atoms with E-state index in [0.29, 0.717) is 18.1 Å². The SMILES string of the molecule is CCCCOC(=O)NC1CCC12CCNCC2. The molecule has 1 atom stereocenters. The van der Waals surface area contributed by atoms with Crippen LogP contribution in [0.4, 0.5) is 4.79 Å². The van der Waals surface area contributed by atoms with Gasteiger partial charge in [-0.15, -0.1) is 0 Å². The minimum Gasteiger partial charge on any atom is -0.450 e. The van der Waals surface area contributed by atoms with Crippen LogP contribution in [0.3, 0.4) is 0 Å². The fourth-order valence-corrected chi connectivity index (χ4v) is 2.94. The molecule has 1 spiro atoms. The van der Waals surface area contributed by atoms with Gasteiger partial charge < -0.3 is 15.4 Å². The van der Waals surface area contributed by atoms with E-state index in [4.69, 9.17) is 4.74 Å². The molecule has 0 bridgehead atoms. The zero-order chi connectivity index (χ0) is 12.1. The number of carbonyl (C=O) groups excluding carboxylic acids is 1. The average Bonchev–Trinajstić information content (AvgIpc) is 2.36. The van der Waals surface area contributed by atoms with E-state index >= 15 is 0 Å². The van der Waals surface area contributed by atoms with Crippen molar-refractivity contribution in [3.63, 3.8) is 0 Å². The van der Waals surface area contributed by atoms with Gasteiger partial charge in [0.2, 0.25) is 0 Å². The van der Waals surface area contributed by atoms with Crippen LogP contribution < -0.4 is 10.6 Å². The normalized spacial score (nSPS) is 26.3. The van der Waals surface area contributed by atoms with E-state index < -0.39 is 0 Å². The molecule has 2 rings (SSSR count). The molecule has 0 radical (unpaired) electrons. The molecule has 1 amide bonds. The monoisotopic (exact) mass is 240 g/mol. The van der Waals surface area contributed by atoms with Crippen molar-refractivity contribution in [3.05, 3.63) is 0 Å². The van der Waals surface area contributed by atoms with Crippen LogP contribution in [0.25, 0.3) is 0 Å². The third-order valence-electron chi connectivity index (χ3n) is 4.29. The highest BCUT2D eigenvalue weighted by Crippen LogP contribution is 2.47. The molecule has 1 saturated carbocycles. The van der Waals surface area contributed by atoms with Crippen molar-refractivity contribution in [2.75, 3.05) is 19.7 Å². The first-order valence-electron chi connectivity index (χ1n) is 6.91. The molecule has 0 aromatic heterocycles. The Kier molecular flexibility index (Phi) is 4.26. The second kappa shape index (κ2) is 5.71. The Hall–Kier alpha value is -0.770. The molecule has 1 unspecified atom stereocenters. The van der Waals surface area contributed by atoms with Gasteiger partial charge in [0.1, 0.15) is 0 Å². The second-order valence-corrected chi connectivity index (χ2v) is 5.34. The Morgan fingerprint density at radius 3 is 2.76 bits per heavy atom. The predicted molar refractivity (Wildman–Crippen MR) is 67.0 cm³/mol. The maximum absolute atomic E-state index is 11.6. The first-order chi connectivity index (χ1) is 8.27. The van der Waals surface area contributed by atoms with Crippen molar-refractivity contribution >= 4 is 6.09 Å². The Balaban J connectivity index is 1.73. The average molecular weight is 240 g/mol. The summed E-state index contributed by atoms with van der Waals surface area (Å²) >= 11 is 0. The van der Waals surface area contributed by atoms with Gasteiger partial charge in [-0.1, -0.05) is 13.3 Å². The molecule has 1 aliphatic carbocycles. The van der Waals surface area contributed by atoms with Crippen LogP contribution in [0.15, 0.2) is 0 Å². The van der Waals surface area contributed by atoms with Crippen LogP contribution in [0.5, 0.6) is 0 Å². The van der Waals surface area contributed by atoms with Crippen molar-refractivity contribution in [3.8, 4) is 0 Å². The van der Waals surface area contributed by atoms with Crippen molar-refractivity contribution in [1.29, 1.82) is 0 Å². The molecule has 0 aromatic carbocycles. The van der Waals surface area contributed by atoms with Gasteiger partial charge in [0.05, 0.1) is 6.61 Å². The minimum atomic E-state index is -0.221. The Labute approximate surface area is 103 Å². The Bertz CT molecular complexity index is 262. The van der Waals surface area contributed by atoms with Gasteiger partial charge in [0.25, 0.3) is 0 Å². The lowest BCUT2D eigenvalue weighted by Gasteiger charge is -2.52. The molecular formula is C13H24N2O2. The molecule has 1 saturated heterocycles. The molecule has 1 heterocycles. The lowest BCUT2D eigenvalue weighted by molar-refractivity contribution is 0.0268. The largest absolute Gasteiger partial charge is 0.450 e. The topological polar surface area (TPSA) is 50.4 Å². The van der Waals surface area contributed by atoms with Crippen molar-refractivity contribution in [2.24, 2.45) is 5.41 Å². The second-order valence-electron chi connectivity index (χ2n) is 5.34. The molecular weight excluding hydrogens is 216 g/mol. The summed E-state index contributed by atoms with van der Waals surface area (Å²) in [5.74, 6) is 0. The van der Waals surface area contributed by atoms with E-state index in [9.17, 15) is 4.79 Å². The van der Waals surface area contributed by atoms with Gasteiger partial charge in [-0.25, -0.2) is 4.79 Å². The number of ether oxygens (including phenoxy) is 1. The highest BCUT2D eigenvalue weighted by molar-refractivity contribution is 5.67. The first kappa shape index (κ1) is 12.7. The molecule has 4 nitrogen and oxygen atoms in total. The number of nitrogens with one attached hydrogen (secondary N) is 2. The molecule has 4 heteroatoms. The number of unbranched alkanes of at least 4 members (excludes halogenated alkanes) is 1. The zero-order valence-corrected chi connectivity index (χ0v) is 10.8. The lowest BCUT2D eigenvalue weighted by atomic mass is 9.59. The molecule has 17 heavy (non-hydrogen) atoms. The van der Waals surface area contributed by atoms with E-state index in [1.165, 1.54) is 19.3 Å². The number of piperidine rings is 1. The van der Waals surface area contributed by atoms with Crippen LogP contribution >= 0.6 is 0 Å². The fraction of sp³-hybridized carbons (Fsp3) is 0.923. The molecule has 98 valence electrons. The van der Waals surface area contributed by atoms with Crippen molar-refractivity contribution < 1.29 is 9.53 Å². The molecule has 1 aliphatic heterocycles. The summed E-state index contributed by atoms with van der Waals surface area (Å²) in [6.07, 6.45) is 6.54. The number of hydrogen-bond acceptors (Lipinski definition) is 3. The zero-order valence-electron chi connectivity index (χ0n) is 10.8. The number of rotatable bonds is 4. The number of hydrogen-bond donors (Lipinski definition) is 2. The summed E-state index contributed by atoms with van der Waals surface area (Å²) in [7, 11) is 0. The van der Waals surface area contributed by atoms with Crippen LogP contribution in [-0.4, -0.2) is 31.8 Å². The van der Waals surface area contributed by atoms with E-state index in [-0.39, 0.29) is 6.09 Å². The summed E-state index contributed by atoms with van der Waals surface area (Å²) in [6, 6.07) is 0.346. The van der Waals surface area contributed by atoms with Gasteiger partial charge in [0, 0.05) is 6.04 Å². The predicted octanol–water partition coefficient (Wildman–Crippen LogP) is 2.04. The van der Waals surface area contributed by atoms with Gasteiger partial charge >= 0.3 is 6.09 Å². The molecule has 2 N–H and O–H groups in total. The standard InChI is InChI=1S/C13H24N2O2/c1-2-3-10-17-12(16)15-11-4-5-13(11)6-8-14-9-7-13/h11,14H,2-10H2,1H3,(H,15,16). The minimum absolute atomic E-state index is 0.221. The maximum Gasteiger partial charge on any atom is 0.407 e. The van der Waals surface area contributed by atoms with E-state index in [1.807, 2.05) is 0 Å². The van der Waals surface area contributed by atoms with Gasteiger partial charge in [-0.3, -0.25) is 0 Å². The third-order valence-corrected chi connectivity index (χ3v) is 4.29. The number of alkyl carbamates (subject to hydrolysis) is 1. The van der Waals surface area contributed by atoms with Gasteiger partial charge in [-0.05, 0) is 50.6 Å². The summed E-state index contributed by atoms with van der Waals surface area (Å²) in [6.45, 7) is 4.81. The lowest BCUT2D eigenvalue weighted by Crippen LogP contribution is -2.58. The molecule has 0 aromatic rings. The number of amides is 1. The molecule has 2 fully saturated rings. The van der Waals surface area contributed by atoms with Crippen molar-refractivity contribution in [1.82, 2.24) is 10.6 Å². The fourth-order valence-electron chi connectivity index (χ4n) is 2.94. The Morgan fingerprint density at radius 1 is 1.41 bits per heavy atom. The summed E-state index contributed by atoms with van der Waals surface area (Å²) in [4.78, 5) is 11.6. The van der Waals surface area contributed by atoms with Gasteiger partial charge in [0.15, 0.2) is 0 Å². The molecule has 2 aliphatic rings. The van der Waals surface area contributed by atoms with Crippen LogP contribution in [-0.2, 0) is 4.74 Å². The van der Waals surface area contributed by atoms with Crippen LogP contribution in [0, 0.1) is 5.41 Å². The van der Waals surface area contributed by atoms with E-state index in [2.05, 4.69) is 17.6 Å². The summed E-state index contributed by atoms with van der Waals surface area (Å²) in [5, 5.41) is 6.43. The van der Waals surface area contributed by atoms with E-state index in [1.54, 1.807) is 0 Å². The highest BCUT2D eigenvalue weighted by atomic mass is 16.5. The first-order valence-corrected chi connectivity index (χ1v) is 6.91. The van der Waals surface area contributed by atoms with Crippen LogP contribution in [0.2, 0.25) is 0 Å². The summed E-state index contributed by atoms with van der Waals surface area (Å²) < 4.78 is 5.16. The summed E-state index contributed by atoms with van der Waals surface area (Å²) in [5.41, 5.74) is 0.370. The highest BCUT2D eigenvalue weighted by Gasteiger charge is 2.47. The van der Waals surface area contributed by atoms with E-state index in [0.717, 1.165) is 32.4 Å². The quantitative estimate of drug-likeness (QED) is 0.739.